The number of carbonyl (C=O) groups excluding carboxylic acids is 1. The second-order valence-corrected chi connectivity index (χ2v) is 5.22. The highest BCUT2D eigenvalue weighted by Crippen LogP contribution is 2.35. The van der Waals surface area contributed by atoms with E-state index in [1.165, 1.54) is 38.6 Å². The van der Waals surface area contributed by atoms with Gasteiger partial charge in [0.25, 0.3) is 0 Å². The maximum atomic E-state index is 11.4. The molecule has 0 aromatic rings. The quantitative estimate of drug-likeness (QED) is 0.711. The molecule has 1 saturated carbocycles. The predicted molar refractivity (Wildman–Crippen MR) is 61.8 cm³/mol. The Balaban J connectivity index is 1.83. The number of likely N-dealkylation sites (tertiary alicyclic amines) is 1. The molecular weight excluding hydrogens is 186 g/mol. The Bertz CT molecular complexity index is 227. The minimum absolute atomic E-state index is 0.407. The zero-order chi connectivity index (χ0) is 10.7. The summed E-state index contributed by atoms with van der Waals surface area (Å²) in [7, 11) is 0. The van der Waals surface area contributed by atoms with Gasteiger partial charge in [-0.3, -0.25) is 9.69 Å². The van der Waals surface area contributed by atoms with Crippen LogP contribution in [0.15, 0.2) is 0 Å². The standard InChI is InChI=1S/C13H23NO/c1-2-13(15)10-14-8-7-11-5-3-4-6-12(11)9-14/h11-12H,2-10H2,1H3. The molecule has 0 radical (unpaired) electrons. The number of carbonyl (C=O) groups is 1. The van der Waals surface area contributed by atoms with Gasteiger partial charge in [-0.25, -0.2) is 0 Å². The molecule has 86 valence electrons. The fraction of sp³-hybridized carbons (Fsp3) is 0.923. The number of hydrogen-bond donors (Lipinski definition) is 0. The molecule has 0 amide bonds. The Hall–Kier alpha value is -0.370. The Labute approximate surface area is 93.0 Å². The van der Waals surface area contributed by atoms with Crippen LogP contribution in [0.4, 0.5) is 0 Å². The van der Waals surface area contributed by atoms with Gasteiger partial charge < -0.3 is 0 Å². The van der Waals surface area contributed by atoms with E-state index in [0.29, 0.717) is 18.7 Å². The molecule has 2 heteroatoms. The molecule has 2 aliphatic rings. The van der Waals surface area contributed by atoms with Crippen molar-refractivity contribution < 1.29 is 4.79 Å². The van der Waals surface area contributed by atoms with Crippen LogP contribution in [-0.2, 0) is 4.79 Å². The van der Waals surface area contributed by atoms with Crippen LogP contribution in [0.1, 0.15) is 45.4 Å². The highest BCUT2D eigenvalue weighted by atomic mass is 16.1. The number of nitrogens with zero attached hydrogens (tertiary/aromatic N) is 1. The minimum Gasteiger partial charge on any atom is -0.298 e. The zero-order valence-corrected chi connectivity index (χ0v) is 9.87. The van der Waals surface area contributed by atoms with E-state index < -0.39 is 0 Å². The topological polar surface area (TPSA) is 20.3 Å². The second-order valence-electron chi connectivity index (χ2n) is 5.22. The Kier molecular flexibility index (Phi) is 3.79. The van der Waals surface area contributed by atoms with Crippen LogP contribution in [0, 0.1) is 11.8 Å². The average molecular weight is 209 g/mol. The van der Waals surface area contributed by atoms with Gasteiger partial charge in [0.1, 0.15) is 5.78 Å². The largest absolute Gasteiger partial charge is 0.298 e. The van der Waals surface area contributed by atoms with Gasteiger partial charge >= 0.3 is 0 Å². The van der Waals surface area contributed by atoms with E-state index in [0.717, 1.165) is 18.4 Å². The van der Waals surface area contributed by atoms with Crippen molar-refractivity contribution in [2.45, 2.75) is 45.4 Å². The first-order chi connectivity index (χ1) is 7.29. The first-order valence-electron chi connectivity index (χ1n) is 6.53. The third-order valence-corrected chi connectivity index (χ3v) is 4.17. The summed E-state index contributed by atoms with van der Waals surface area (Å²) < 4.78 is 0. The molecule has 15 heavy (non-hydrogen) atoms. The van der Waals surface area contributed by atoms with Crippen LogP contribution in [0.25, 0.3) is 0 Å². The maximum Gasteiger partial charge on any atom is 0.146 e. The van der Waals surface area contributed by atoms with Crippen LogP contribution in [0.3, 0.4) is 0 Å². The van der Waals surface area contributed by atoms with Gasteiger partial charge in [-0.15, -0.1) is 0 Å². The van der Waals surface area contributed by atoms with Gasteiger partial charge in [-0.1, -0.05) is 26.2 Å². The van der Waals surface area contributed by atoms with Crippen LogP contribution >= 0.6 is 0 Å². The molecule has 2 unspecified atom stereocenters. The van der Waals surface area contributed by atoms with Gasteiger partial charge in [0, 0.05) is 13.0 Å². The molecule has 2 fully saturated rings. The second kappa shape index (κ2) is 5.11. The molecule has 0 spiro atoms. The van der Waals surface area contributed by atoms with Crippen LogP contribution in [0.2, 0.25) is 0 Å². The molecule has 1 saturated heterocycles. The van der Waals surface area contributed by atoms with Gasteiger partial charge in [0.2, 0.25) is 0 Å². The Morgan fingerprint density at radius 2 is 1.93 bits per heavy atom. The summed E-state index contributed by atoms with van der Waals surface area (Å²) in [5, 5.41) is 0. The third-order valence-electron chi connectivity index (χ3n) is 4.17. The van der Waals surface area contributed by atoms with E-state index in [1.807, 2.05) is 6.92 Å². The van der Waals surface area contributed by atoms with Crippen LogP contribution in [0.5, 0.6) is 0 Å². The Morgan fingerprint density at radius 3 is 2.67 bits per heavy atom. The summed E-state index contributed by atoms with van der Waals surface area (Å²) in [5.74, 6) is 2.29. The molecule has 1 heterocycles. The van der Waals surface area contributed by atoms with Crippen molar-refractivity contribution in [3.05, 3.63) is 0 Å². The van der Waals surface area contributed by atoms with Crippen LogP contribution in [-0.4, -0.2) is 30.3 Å². The van der Waals surface area contributed by atoms with E-state index in [1.54, 1.807) is 0 Å². The summed E-state index contributed by atoms with van der Waals surface area (Å²) in [4.78, 5) is 13.8. The summed E-state index contributed by atoms with van der Waals surface area (Å²) in [6.07, 6.45) is 7.74. The van der Waals surface area contributed by atoms with Gasteiger partial charge in [-0.05, 0) is 31.2 Å². The number of piperidine rings is 1. The summed E-state index contributed by atoms with van der Waals surface area (Å²) in [5.41, 5.74) is 0. The lowest BCUT2D eigenvalue weighted by Crippen LogP contribution is -2.43. The normalized spacial score (nSPS) is 32.3. The van der Waals surface area contributed by atoms with Crippen molar-refractivity contribution in [1.82, 2.24) is 4.90 Å². The van der Waals surface area contributed by atoms with E-state index >= 15 is 0 Å². The smallest absolute Gasteiger partial charge is 0.146 e. The fourth-order valence-corrected chi connectivity index (χ4v) is 3.18. The molecule has 2 rings (SSSR count). The highest BCUT2D eigenvalue weighted by molar-refractivity contribution is 5.80. The molecule has 0 N–H and O–H groups in total. The maximum absolute atomic E-state index is 11.4. The monoisotopic (exact) mass is 209 g/mol. The number of fused-ring (bicyclic) bond motifs is 1. The third kappa shape index (κ3) is 2.81. The lowest BCUT2D eigenvalue weighted by Gasteiger charge is -2.41. The van der Waals surface area contributed by atoms with Crippen molar-refractivity contribution >= 4 is 5.78 Å². The van der Waals surface area contributed by atoms with Crippen molar-refractivity contribution in [3.63, 3.8) is 0 Å². The molecule has 0 bridgehead atoms. The molecular formula is C13H23NO. The number of Topliss-reactive ketones (excluding diaryl/α,β-unsaturated/α-hetero) is 1. The van der Waals surface area contributed by atoms with Crippen molar-refractivity contribution in [2.24, 2.45) is 11.8 Å². The Morgan fingerprint density at radius 1 is 1.20 bits per heavy atom. The first-order valence-corrected chi connectivity index (χ1v) is 6.53. The predicted octanol–water partition coefficient (Wildman–Crippen LogP) is 2.48. The lowest BCUT2D eigenvalue weighted by atomic mass is 9.75. The van der Waals surface area contributed by atoms with Crippen LogP contribution < -0.4 is 0 Å². The minimum atomic E-state index is 0.407. The highest BCUT2D eigenvalue weighted by Gasteiger charge is 2.31. The molecule has 0 aromatic carbocycles. The summed E-state index contributed by atoms with van der Waals surface area (Å²) >= 11 is 0. The molecule has 2 atom stereocenters. The van der Waals surface area contributed by atoms with Crippen molar-refractivity contribution in [1.29, 1.82) is 0 Å². The van der Waals surface area contributed by atoms with Gasteiger partial charge in [-0.2, -0.15) is 0 Å². The van der Waals surface area contributed by atoms with Crippen molar-refractivity contribution in [3.8, 4) is 0 Å². The molecule has 0 aromatic heterocycles. The van der Waals surface area contributed by atoms with Gasteiger partial charge in [0.15, 0.2) is 0 Å². The fourth-order valence-electron chi connectivity index (χ4n) is 3.18. The number of rotatable bonds is 3. The SMILES string of the molecule is CCC(=O)CN1CCC2CCCCC2C1. The lowest BCUT2D eigenvalue weighted by molar-refractivity contribution is -0.120. The van der Waals surface area contributed by atoms with E-state index in [4.69, 9.17) is 0 Å². The van der Waals surface area contributed by atoms with E-state index in [-0.39, 0.29) is 0 Å². The van der Waals surface area contributed by atoms with Gasteiger partial charge in [0.05, 0.1) is 6.54 Å². The molecule has 2 nitrogen and oxygen atoms in total. The molecule has 1 aliphatic carbocycles. The first kappa shape index (κ1) is 11.1. The summed E-state index contributed by atoms with van der Waals surface area (Å²) in [6.45, 7) is 5.03. The molecule has 1 aliphatic heterocycles. The number of ketones is 1. The van der Waals surface area contributed by atoms with E-state index in [9.17, 15) is 4.79 Å². The van der Waals surface area contributed by atoms with E-state index in [2.05, 4.69) is 4.90 Å². The number of hydrogen-bond acceptors (Lipinski definition) is 2. The zero-order valence-electron chi connectivity index (χ0n) is 9.87. The average Bonchev–Trinajstić information content (AvgIpc) is 2.29. The van der Waals surface area contributed by atoms with Crippen molar-refractivity contribution in [2.75, 3.05) is 19.6 Å². The summed E-state index contributed by atoms with van der Waals surface area (Å²) in [6, 6.07) is 0.